The summed E-state index contributed by atoms with van der Waals surface area (Å²) >= 11 is 0. The van der Waals surface area contributed by atoms with Crippen molar-refractivity contribution in [1.29, 1.82) is 0 Å². The average molecular weight is 336 g/mol. The quantitative estimate of drug-likeness (QED) is 0.895. The van der Waals surface area contributed by atoms with Gasteiger partial charge in [-0.3, -0.25) is 9.59 Å². The second-order valence-electron chi connectivity index (χ2n) is 6.69. The summed E-state index contributed by atoms with van der Waals surface area (Å²) in [6, 6.07) is 15.2. The molecule has 3 unspecified atom stereocenters. The Morgan fingerprint density at radius 1 is 1.12 bits per heavy atom. The number of benzene rings is 2. The highest BCUT2D eigenvalue weighted by Gasteiger charge is 2.47. The smallest absolute Gasteiger partial charge is 0.248 e. The number of carbonyl (C=O) groups excluding carboxylic acids is 2. The summed E-state index contributed by atoms with van der Waals surface area (Å²) in [5.74, 6) is 0.486. The molecule has 0 saturated heterocycles. The minimum absolute atomic E-state index is 0.00933. The zero-order valence-electron chi connectivity index (χ0n) is 13.8. The van der Waals surface area contributed by atoms with Gasteiger partial charge in [0.15, 0.2) is 11.9 Å². The van der Waals surface area contributed by atoms with Crippen molar-refractivity contribution in [2.75, 3.05) is 6.54 Å². The molecule has 1 heterocycles. The van der Waals surface area contributed by atoms with Gasteiger partial charge in [-0.25, -0.2) is 0 Å². The molecule has 3 atom stereocenters. The number of hydrogen-bond donors (Lipinski definition) is 2. The summed E-state index contributed by atoms with van der Waals surface area (Å²) < 4.78 is 5.98. The predicted octanol–water partition coefficient (Wildman–Crippen LogP) is 2.01. The number of rotatable bonds is 4. The van der Waals surface area contributed by atoms with E-state index >= 15 is 0 Å². The van der Waals surface area contributed by atoms with Crippen LogP contribution in [0.25, 0.3) is 0 Å². The summed E-state index contributed by atoms with van der Waals surface area (Å²) in [6.45, 7) is 1.07. The lowest BCUT2D eigenvalue weighted by Crippen LogP contribution is -2.37. The van der Waals surface area contributed by atoms with E-state index in [1.54, 1.807) is 12.1 Å². The van der Waals surface area contributed by atoms with Gasteiger partial charge in [-0.2, -0.15) is 0 Å². The Labute approximate surface area is 146 Å². The fourth-order valence-corrected chi connectivity index (χ4v) is 3.47. The van der Waals surface area contributed by atoms with Crippen molar-refractivity contribution in [2.24, 2.45) is 11.7 Å². The van der Waals surface area contributed by atoms with Crippen LogP contribution in [0.5, 0.6) is 5.75 Å². The summed E-state index contributed by atoms with van der Waals surface area (Å²) in [5.41, 5.74) is 7.87. The number of Topliss-reactive ketones (excluding diaryl/α,β-unsaturated/α-hetero) is 1. The third-order valence-corrected chi connectivity index (χ3v) is 4.97. The molecule has 4 rings (SSSR count). The summed E-state index contributed by atoms with van der Waals surface area (Å²) in [6.07, 6.45) is 0.333. The first-order chi connectivity index (χ1) is 12.1. The molecule has 1 fully saturated rings. The Kier molecular flexibility index (Phi) is 4.01. The normalized spacial score (nSPS) is 24.6. The Bertz CT molecular complexity index is 819. The van der Waals surface area contributed by atoms with Gasteiger partial charge in [-0.1, -0.05) is 36.4 Å². The monoisotopic (exact) mass is 336 g/mol. The zero-order valence-corrected chi connectivity index (χ0v) is 13.8. The van der Waals surface area contributed by atoms with Crippen LogP contribution in [0.15, 0.2) is 48.5 Å². The minimum Gasteiger partial charge on any atom is -0.481 e. The maximum absolute atomic E-state index is 12.9. The van der Waals surface area contributed by atoms with Crippen LogP contribution in [-0.2, 0) is 11.3 Å². The molecule has 0 bridgehead atoms. The number of nitrogens with one attached hydrogen (secondary N) is 1. The van der Waals surface area contributed by atoms with Gasteiger partial charge in [0.1, 0.15) is 5.75 Å². The molecular formula is C20H20N2O3. The van der Waals surface area contributed by atoms with Crippen molar-refractivity contribution in [2.45, 2.75) is 25.0 Å². The highest BCUT2D eigenvalue weighted by atomic mass is 16.5. The molecule has 25 heavy (non-hydrogen) atoms. The number of primary amides is 1. The number of hydrogen-bond acceptors (Lipinski definition) is 4. The number of amides is 1. The second kappa shape index (κ2) is 6.33. The van der Waals surface area contributed by atoms with Crippen molar-refractivity contribution in [3.8, 4) is 5.75 Å². The topological polar surface area (TPSA) is 81.4 Å². The first kappa shape index (κ1) is 15.8. The van der Waals surface area contributed by atoms with E-state index in [0.717, 1.165) is 12.0 Å². The highest BCUT2D eigenvalue weighted by molar-refractivity contribution is 5.93. The first-order valence-corrected chi connectivity index (χ1v) is 8.52. The molecule has 2 aromatic rings. The first-order valence-electron chi connectivity index (χ1n) is 8.52. The van der Waals surface area contributed by atoms with Gasteiger partial charge >= 0.3 is 0 Å². The van der Waals surface area contributed by atoms with Crippen LogP contribution < -0.4 is 15.8 Å². The highest BCUT2D eigenvalue weighted by Crippen LogP contribution is 2.48. The number of fused-ring (bicyclic) bond motifs is 1. The van der Waals surface area contributed by atoms with Crippen LogP contribution in [0.2, 0.25) is 0 Å². The van der Waals surface area contributed by atoms with E-state index in [4.69, 9.17) is 10.5 Å². The van der Waals surface area contributed by atoms with Gasteiger partial charge in [0.05, 0.1) is 0 Å². The molecule has 0 spiro atoms. The van der Waals surface area contributed by atoms with E-state index in [2.05, 4.69) is 17.4 Å². The van der Waals surface area contributed by atoms with Crippen LogP contribution in [0.4, 0.5) is 0 Å². The Balaban J connectivity index is 1.51. The number of ketones is 1. The Morgan fingerprint density at radius 3 is 2.68 bits per heavy atom. The zero-order chi connectivity index (χ0) is 17.4. The molecule has 5 heteroatoms. The van der Waals surface area contributed by atoms with E-state index in [1.165, 1.54) is 5.56 Å². The molecule has 0 radical (unpaired) electrons. The fraction of sp³-hybridized carbons (Fsp3) is 0.300. The predicted molar refractivity (Wildman–Crippen MR) is 93.4 cm³/mol. The molecule has 1 aliphatic heterocycles. The van der Waals surface area contributed by atoms with Crippen LogP contribution in [0.1, 0.15) is 33.8 Å². The Hall–Kier alpha value is -2.66. The maximum Gasteiger partial charge on any atom is 0.248 e. The van der Waals surface area contributed by atoms with E-state index in [9.17, 15) is 9.59 Å². The summed E-state index contributed by atoms with van der Waals surface area (Å²) in [5, 5.41) is 3.26. The van der Waals surface area contributed by atoms with Crippen molar-refractivity contribution in [1.82, 2.24) is 5.32 Å². The molecule has 1 saturated carbocycles. The second-order valence-corrected chi connectivity index (χ2v) is 6.69. The van der Waals surface area contributed by atoms with Gasteiger partial charge in [0.25, 0.3) is 0 Å². The van der Waals surface area contributed by atoms with Crippen molar-refractivity contribution >= 4 is 11.7 Å². The molecule has 2 aliphatic rings. The standard InChI is InChI=1S/C20H20N2O3/c21-20(24)13-6-7-14-10-22-11-18(25-17(14)8-13)19(23)16-9-15(16)12-4-2-1-3-5-12/h1-8,15-16,18,22H,9-11H2,(H2,21,24). The maximum atomic E-state index is 12.9. The minimum atomic E-state index is -0.539. The summed E-state index contributed by atoms with van der Waals surface area (Å²) in [4.78, 5) is 24.3. The van der Waals surface area contributed by atoms with Crippen molar-refractivity contribution < 1.29 is 14.3 Å². The van der Waals surface area contributed by atoms with Gasteiger partial charge in [-0.15, -0.1) is 0 Å². The molecule has 5 nitrogen and oxygen atoms in total. The lowest BCUT2D eigenvalue weighted by molar-refractivity contribution is -0.126. The van der Waals surface area contributed by atoms with Gasteiger partial charge in [-0.05, 0) is 30.0 Å². The van der Waals surface area contributed by atoms with E-state index in [1.807, 2.05) is 24.3 Å². The molecular weight excluding hydrogens is 316 g/mol. The SMILES string of the molecule is NC(=O)c1ccc2c(c1)OC(C(=O)C1CC1c1ccccc1)CNC2. The third-order valence-electron chi connectivity index (χ3n) is 4.97. The number of ether oxygens (including phenoxy) is 1. The molecule has 0 aromatic heterocycles. The van der Waals surface area contributed by atoms with Crippen molar-refractivity contribution in [3.05, 3.63) is 65.2 Å². The lowest BCUT2D eigenvalue weighted by Gasteiger charge is -2.16. The van der Waals surface area contributed by atoms with Crippen LogP contribution in [-0.4, -0.2) is 24.3 Å². The molecule has 2 aromatic carbocycles. The molecule has 1 amide bonds. The molecule has 128 valence electrons. The van der Waals surface area contributed by atoms with Gasteiger partial charge in [0, 0.05) is 30.1 Å². The van der Waals surface area contributed by atoms with Crippen LogP contribution in [0, 0.1) is 5.92 Å². The molecule has 1 aliphatic carbocycles. The summed E-state index contributed by atoms with van der Waals surface area (Å²) in [7, 11) is 0. The van der Waals surface area contributed by atoms with E-state index in [0.29, 0.717) is 24.4 Å². The number of nitrogens with two attached hydrogens (primary N) is 1. The van der Waals surface area contributed by atoms with Crippen molar-refractivity contribution in [3.63, 3.8) is 0 Å². The Morgan fingerprint density at radius 2 is 1.92 bits per heavy atom. The van der Waals surface area contributed by atoms with Gasteiger partial charge in [0.2, 0.25) is 5.91 Å². The van der Waals surface area contributed by atoms with Crippen LogP contribution in [0.3, 0.4) is 0 Å². The van der Waals surface area contributed by atoms with Gasteiger partial charge < -0.3 is 15.8 Å². The molecule has 3 N–H and O–H groups in total. The largest absolute Gasteiger partial charge is 0.481 e. The van der Waals surface area contributed by atoms with E-state index < -0.39 is 12.0 Å². The fourth-order valence-electron chi connectivity index (χ4n) is 3.47. The lowest BCUT2D eigenvalue weighted by atomic mass is 10.0. The van der Waals surface area contributed by atoms with Crippen LogP contribution >= 0.6 is 0 Å². The van der Waals surface area contributed by atoms with E-state index in [-0.39, 0.29) is 17.6 Å². The average Bonchev–Trinajstić information content (AvgIpc) is 3.44. The third kappa shape index (κ3) is 3.15. The number of carbonyl (C=O) groups is 2.